The molecule has 0 aliphatic carbocycles. The number of nitrogens with zero attached hydrogens (tertiary/aromatic N) is 1. The zero-order valence-electron chi connectivity index (χ0n) is 14.5. The summed E-state index contributed by atoms with van der Waals surface area (Å²) in [6.07, 6.45) is 0. The van der Waals surface area contributed by atoms with Gasteiger partial charge < -0.3 is 14.8 Å². The normalized spacial score (nSPS) is 15.2. The number of carbonyl (C=O) groups is 1. The van der Waals surface area contributed by atoms with Crippen molar-refractivity contribution < 1.29 is 14.3 Å². The number of hydrogen-bond acceptors (Lipinski definition) is 5. The van der Waals surface area contributed by atoms with Gasteiger partial charge in [-0.05, 0) is 37.3 Å². The first kappa shape index (κ1) is 16.6. The highest BCUT2D eigenvalue weighted by atomic mass is 32.1. The third-order valence-corrected chi connectivity index (χ3v) is 5.29. The van der Waals surface area contributed by atoms with Gasteiger partial charge in [0.15, 0.2) is 5.13 Å². The average Bonchev–Trinajstić information content (AvgIpc) is 3.25. The first-order chi connectivity index (χ1) is 12.7. The highest BCUT2D eigenvalue weighted by Crippen LogP contribution is 2.36. The van der Waals surface area contributed by atoms with Gasteiger partial charge in [-0.25, -0.2) is 4.98 Å². The summed E-state index contributed by atoms with van der Waals surface area (Å²) >= 11 is 1.47. The number of benzene rings is 2. The second-order valence-corrected chi connectivity index (χ2v) is 7.25. The largest absolute Gasteiger partial charge is 0.497 e. The van der Waals surface area contributed by atoms with E-state index >= 15 is 0 Å². The highest BCUT2D eigenvalue weighted by Gasteiger charge is 2.30. The van der Waals surface area contributed by atoms with Crippen molar-refractivity contribution in [3.05, 3.63) is 59.0 Å². The molecule has 1 amide bonds. The van der Waals surface area contributed by atoms with Crippen LogP contribution in [0.1, 0.15) is 16.4 Å². The number of fused-ring (bicyclic) bond motifs is 1. The van der Waals surface area contributed by atoms with Crippen molar-refractivity contribution in [2.75, 3.05) is 19.0 Å². The van der Waals surface area contributed by atoms with Crippen LogP contribution in [-0.4, -0.2) is 24.6 Å². The predicted molar refractivity (Wildman–Crippen MR) is 102 cm³/mol. The van der Waals surface area contributed by atoms with E-state index in [1.54, 1.807) is 7.11 Å². The number of aromatic nitrogens is 1. The molecule has 0 bridgehead atoms. The number of ether oxygens (including phenoxy) is 2. The summed E-state index contributed by atoms with van der Waals surface area (Å²) in [5.41, 5.74) is 2.79. The van der Waals surface area contributed by atoms with E-state index in [1.807, 2.05) is 55.5 Å². The Balaban J connectivity index is 1.53. The average molecular weight is 366 g/mol. The maximum Gasteiger partial charge on any atom is 0.237 e. The minimum atomic E-state index is -0.306. The first-order valence-corrected chi connectivity index (χ1v) is 9.12. The van der Waals surface area contributed by atoms with Gasteiger partial charge >= 0.3 is 0 Å². The van der Waals surface area contributed by atoms with E-state index in [1.165, 1.54) is 11.3 Å². The maximum absolute atomic E-state index is 12.7. The summed E-state index contributed by atoms with van der Waals surface area (Å²) in [6.45, 7) is 2.36. The minimum absolute atomic E-state index is 0.0926. The summed E-state index contributed by atoms with van der Waals surface area (Å²) in [5, 5.41) is 3.54. The molecule has 3 aromatic rings. The lowest BCUT2D eigenvalue weighted by molar-refractivity contribution is -0.117. The lowest BCUT2D eigenvalue weighted by Gasteiger charge is -2.07. The Hall–Kier alpha value is -2.86. The van der Waals surface area contributed by atoms with Crippen molar-refractivity contribution in [1.29, 1.82) is 0 Å². The molecule has 0 spiro atoms. The van der Waals surface area contributed by atoms with Gasteiger partial charge in [0.05, 0.1) is 12.8 Å². The Labute approximate surface area is 155 Å². The molecule has 1 N–H and O–H groups in total. The van der Waals surface area contributed by atoms with Crippen LogP contribution in [0.5, 0.6) is 11.5 Å². The number of para-hydroxylation sites is 1. The molecule has 5 nitrogen and oxygen atoms in total. The summed E-state index contributed by atoms with van der Waals surface area (Å²) in [6, 6.07) is 15.4. The summed E-state index contributed by atoms with van der Waals surface area (Å²) in [7, 11) is 1.64. The molecule has 1 aliphatic rings. The molecule has 1 atom stereocenters. The predicted octanol–water partition coefficient (Wildman–Crippen LogP) is 4.24. The van der Waals surface area contributed by atoms with E-state index in [4.69, 9.17) is 9.47 Å². The van der Waals surface area contributed by atoms with E-state index in [-0.39, 0.29) is 11.8 Å². The van der Waals surface area contributed by atoms with E-state index < -0.39 is 0 Å². The summed E-state index contributed by atoms with van der Waals surface area (Å²) in [4.78, 5) is 18.3. The zero-order chi connectivity index (χ0) is 18.1. The smallest absolute Gasteiger partial charge is 0.237 e. The standard InChI is InChI=1S/C20H18N2O3S/c1-12-18(13-7-9-14(24-2)10-8-13)21-20(26-12)22-19(23)16-11-25-17-6-4-3-5-15(16)17/h3-10,16H,11H2,1-2H3,(H,21,22,23). The van der Waals surface area contributed by atoms with Crippen molar-refractivity contribution >= 4 is 22.4 Å². The van der Waals surface area contributed by atoms with Gasteiger partial charge in [-0.1, -0.05) is 18.2 Å². The fourth-order valence-corrected chi connectivity index (χ4v) is 3.88. The Morgan fingerprint density at radius 1 is 1.23 bits per heavy atom. The highest BCUT2D eigenvalue weighted by molar-refractivity contribution is 7.16. The zero-order valence-corrected chi connectivity index (χ0v) is 15.3. The van der Waals surface area contributed by atoms with Crippen LogP contribution in [0.15, 0.2) is 48.5 Å². The van der Waals surface area contributed by atoms with E-state index in [0.29, 0.717) is 11.7 Å². The van der Waals surface area contributed by atoms with Crippen LogP contribution in [0, 0.1) is 6.92 Å². The molecule has 1 aromatic heterocycles. The Morgan fingerprint density at radius 2 is 2.00 bits per heavy atom. The number of rotatable bonds is 4. The lowest BCUT2D eigenvalue weighted by atomic mass is 10.0. The van der Waals surface area contributed by atoms with E-state index in [0.717, 1.165) is 33.2 Å². The third kappa shape index (κ3) is 3.04. The van der Waals surface area contributed by atoms with Gasteiger partial charge in [0.2, 0.25) is 5.91 Å². The summed E-state index contributed by atoms with van der Waals surface area (Å²) in [5.74, 6) is 1.18. The first-order valence-electron chi connectivity index (χ1n) is 8.30. The number of anilines is 1. The molecule has 26 heavy (non-hydrogen) atoms. The lowest BCUT2D eigenvalue weighted by Crippen LogP contribution is -2.22. The molecule has 2 aromatic carbocycles. The molecular formula is C20H18N2O3S. The number of carbonyl (C=O) groups excluding carboxylic acids is 1. The van der Waals surface area contributed by atoms with Crippen molar-refractivity contribution in [2.45, 2.75) is 12.8 Å². The van der Waals surface area contributed by atoms with Gasteiger partial charge in [0.25, 0.3) is 0 Å². The molecule has 0 radical (unpaired) electrons. The minimum Gasteiger partial charge on any atom is -0.497 e. The Morgan fingerprint density at radius 3 is 2.77 bits per heavy atom. The number of hydrogen-bond donors (Lipinski definition) is 1. The van der Waals surface area contributed by atoms with Crippen molar-refractivity contribution in [3.8, 4) is 22.8 Å². The summed E-state index contributed by atoms with van der Waals surface area (Å²) < 4.78 is 10.8. The molecule has 4 rings (SSSR count). The fraction of sp³-hybridized carbons (Fsp3) is 0.200. The van der Waals surface area contributed by atoms with E-state index in [9.17, 15) is 4.79 Å². The number of thiazole rings is 1. The second kappa shape index (κ2) is 6.80. The molecular weight excluding hydrogens is 348 g/mol. The molecule has 132 valence electrons. The fourth-order valence-electron chi connectivity index (χ4n) is 3.04. The van der Waals surface area contributed by atoms with Crippen LogP contribution in [0.4, 0.5) is 5.13 Å². The van der Waals surface area contributed by atoms with Crippen molar-refractivity contribution in [1.82, 2.24) is 4.98 Å². The van der Waals surface area contributed by atoms with Crippen LogP contribution in [0.3, 0.4) is 0 Å². The van der Waals surface area contributed by atoms with Crippen molar-refractivity contribution in [3.63, 3.8) is 0 Å². The number of methoxy groups -OCH3 is 1. The van der Waals surface area contributed by atoms with Gasteiger partial charge in [0.1, 0.15) is 24.0 Å². The van der Waals surface area contributed by atoms with Crippen LogP contribution in [0.25, 0.3) is 11.3 Å². The third-order valence-electron chi connectivity index (χ3n) is 4.41. The number of amides is 1. The molecule has 0 saturated heterocycles. The SMILES string of the molecule is COc1ccc(-c2nc(NC(=O)C3COc4ccccc43)sc2C)cc1. The molecule has 2 heterocycles. The van der Waals surface area contributed by atoms with Gasteiger partial charge in [0, 0.05) is 16.0 Å². The van der Waals surface area contributed by atoms with Crippen LogP contribution in [0.2, 0.25) is 0 Å². The van der Waals surface area contributed by atoms with Crippen LogP contribution >= 0.6 is 11.3 Å². The number of aryl methyl sites for hydroxylation is 1. The Kier molecular flexibility index (Phi) is 4.34. The molecule has 1 unspecified atom stereocenters. The molecule has 0 fully saturated rings. The van der Waals surface area contributed by atoms with Crippen molar-refractivity contribution in [2.24, 2.45) is 0 Å². The number of nitrogens with one attached hydrogen (secondary N) is 1. The topological polar surface area (TPSA) is 60.5 Å². The molecule has 6 heteroatoms. The maximum atomic E-state index is 12.7. The molecule has 1 aliphatic heterocycles. The van der Waals surface area contributed by atoms with Crippen LogP contribution < -0.4 is 14.8 Å². The quantitative estimate of drug-likeness (QED) is 0.750. The van der Waals surface area contributed by atoms with Gasteiger partial charge in [-0.2, -0.15) is 0 Å². The van der Waals surface area contributed by atoms with Crippen LogP contribution in [-0.2, 0) is 4.79 Å². The van der Waals surface area contributed by atoms with E-state index in [2.05, 4.69) is 10.3 Å². The van der Waals surface area contributed by atoms with Gasteiger partial charge in [-0.15, -0.1) is 11.3 Å². The van der Waals surface area contributed by atoms with Gasteiger partial charge in [-0.3, -0.25) is 4.79 Å². The Bertz CT molecular complexity index is 950. The molecule has 0 saturated carbocycles. The second-order valence-electron chi connectivity index (χ2n) is 6.04. The monoisotopic (exact) mass is 366 g/mol.